The number of cyclic esters (lactones) is 1. The third kappa shape index (κ3) is 1.96. The molecule has 1 unspecified atom stereocenters. The van der Waals surface area contributed by atoms with Gasteiger partial charge in [0.2, 0.25) is 0 Å². The largest absolute Gasteiger partial charge is 0.452 e. The molecule has 1 N–H and O–H groups in total. The monoisotopic (exact) mass is 224 g/mol. The molecule has 1 atom stereocenters. The Balaban J connectivity index is 2.29. The van der Waals surface area contributed by atoms with Crippen molar-refractivity contribution in [2.45, 2.75) is 25.6 Å². The topological polar surface area (TPSA) is 46.5 Å². The molecule has 0 amide bonds. The summed E-state index contributed by atoms with van der Waals surface area (Å²) in [5.41, 5.74) is -0.271. The first-order valence-corrected chi connectivity index (χ1v) is 5.55. The molecule has 0 saturated heterocycles. The third-order valence-corrected chi connectivity index (χ3v) is 3.13. The van der Waals surface area contributed by atoms with Crippen molar-refractivity contribution in [3.05, 3.63) is 34.0 Å². The highest BCUT2D eigenvalue weighted by molar-refractivity contribution is 7.10. The van der Waals surface area contributed by atoms with Gasteiger partial charge in [0.25, 0.3) is 0 Å². The first-order valence-electron chi connectivity index (χ1n) is 4.67. The van der Waals surface area contributed by atoms with E-state index in [1.807, 2.05) is 11.4 Å². The van der Waals surface area contributed by atoms with E-state index in [1.54, 1.807) is 26.0 Å². The van der Waals surface area contributed by atoms with Gasteiger partial charge in [0.05, 0.1) is 5.57 Å². The molecule has 3 nitrogen and oxygen atoms in total. The number of hydrogen-bond donors (Lipinski definition) is 1. The summed E-state index contributed by atoms with van der Waals surface area (Å²) in [5.74, 6) is -0.430. The van der Waals surface area contributed by atoms with E-state index in [0.717, 1.165) is 4.88 Å². The predicted octanol–water partition coefficient (Wildman–Crippen LogP) is 2.04. The lowest BCUT2D eigenvalue weighted by molar-refractivity contribution is -0.145. The summed E-state index contributed by atoms with van der Waals surface area (Å²) in [6, 6.07) is 3.64. The SMILES string of the molecule is CC1(C)C=C(C(O)c2cccs2)C(=O)O1. The minimum Gasteiger partial charge on any atom is -0.452 e. The van der Waals surface area contributed by atoms with Crippen LogP contribution in [0.5, 0.6) is 0 Å². The maximum atomic E-state index is 11.5. The van der Waals surface area contributed by atoms with Crippen molar-refractivity contribution in [2.75, 3.05) is 0 Å². The average molecular weight is 224 g/mol. The van der Waals surface area contributed by atoms with Gasteiger partial charge in [-0.1, -0.05) is 6.07 Å². The van der Waals surface area contributed by atoms with Crippen molar-refractivity contribution in [1.82, 2.24) is 0 Å². The van der Waals surface area contributed by atoms with Crippen LogP contribution in [0.4, 0.5) is 0 Å². The molecule has 1 aliphatic heterocycles. The van der Waals surface area contributed by atoms with E-state index >= 15 is 0 Å². The van der Waals surface area contributed by atoms with E-state index in [9.17, 15) is 9.90 Å². The van der Waals surface area contributed by atoms with Crippen molar-refractivity contribution in [2.24, 2.45) is 0 Å². The minimum absolute atomic E-state index is 0.336. The van der Waals surface area contributed by atoms with Gasteiger partial charge in [-0.3, -0.25) is 0 Å². The van der Waals surface area contributed by atoms with Gasteiger partial charge < -0.3 is 9.84 Å². The van der Waals surface area contributed by atoms with Gasteiger partial charge in [-0.15, -0.1) is 11.3 Å². The molecular formula is C11H12O3S. The molecule has 4 heteroatoms. The fourth-order valence-electron chi connectivity index (χ4n) is 1.55. The van der Waals surface area contributed by atoms with Crippen LogP contribution in [0.2, 0.25) is 0 Å². The third-order valence-electron chi connectivity index (χ3n) is 2.20. The number of aliphatic hydroxyl groups excluding tert-OH is 1. The van der Waals surface area contributed by atoms with Gasteiger partial charge in [-0.05, 0) is 31.4 Å². The van der Waals surface area contributed by atoms with E-state index in [0.29, 0.717) is 5.57 Å². The molecule has 15 heavy (non-hydrogen) atoms. The maximum absolute atomic E-state index is 11.5. The number of carbonyl (C=O) groups excluding carboxylic acids is 1. The lowest BCUT2D eigenvalue weighted by Gasteiger charge is -2.12. The molecule has 0 fully saturated rings. The second kappa shape index (κ2) is 3.47. The maximum Gasteiger partial charge on any atom is 0.337 e. The molecule has 1 aromatic rings. The van der Waals surface area contributed by atoms with E-state index in [-0.39, 0.29) is 0 Å². The van der Waals surface area contributed by atoms with Crippen molar-refractivity contribution in [3.63, 3.8) is 0 Å². The van der Waals surface area contributed by atoms with Crippen LogP contribution >= 0.6 is 11.3 Å². The molecule has 2 rings (SSSR count). The van der Waals surface area contributed by atoms with Crippen molar-refractivity contribution in [1.29, 1.82) is 0 Å². The average Bonchev–Trinajstić information content (AvgIpc) is 2.71. The first-order chi connectivity index (χ1) is 6.99. The fraction of sp³-hybridized carbons (Fsp3) is 0.364. The molecule has 0 aromatic carbocycles. The number of hydrogen-bond acceptors (Lipinski definition) is 4. The highest BCUT2D eigenvalue weighted by atomic mass is 32.1. The van der Waals surface area contributed by atoms with Gasteiger partial charge in [0.15, 0.2) is 0 Å². The second-order valence-corrected chi connectivity index (χ2v) is 4.99. The number of carbonyl (C=O) groups is 1. The standard InChI is InChI=1S/C11H12O3S/c1-11(2)6-7(10(13)14-11)9(12)8-4-3-5-15-8/h3-6,9,12H,1-2H3. The van der Waals surface area contributed by atoms with E-state index in [1.165, 1.54) is 11.3 Å². The Morgan fingerprint density at radius 1 is 1.53 bits per heavy atom. The highest BCUT2D eigenvalue weighted by Crippen LogP contribution is 2.33. The molecule has 0 radical (unpaired) electrons. The molecule has 0 spiro atoms. The van der Waals surface area contributed by atoms with E-state index in [2.05, 4.69) is 0 Å². The van der Waals surface area contributed by atoms with Gasteiger partial charge in [-0.25, -0.2) is 4.79 Å². The molecule has 1 aromatic heterocycles. The molecule has 0 saturated carbocycles. The van der Waals surface area contributed by atoms with Gasteiger partial charge >= 0.3 is 5.97 Å². The lowest BCUT2D eigenvalue weighted by Crippen LogP contribution is -2.18. The normalized spacial score (nSPS) is 21.0. The summed E-state index contributed by atoms with van der Waals surface area (Å²) in [7, 11) is 0. The number of rotatable bonds is 2. The van der Waals surface area contributed by atoms with Crippen LogP contribution in [0, 0.1) is 0 Å². The first kappa shape index (κ1) is 10.4. The van der Waals surface area contributed by atoms with Gasteiger partial charge in [0, 0.05) is 4.88 Å². The van der Waals surface area contributed by atoms with Crippen molar-refractivity contribution in [3.8, 4) is 0 Å². The summed E-state index contributed by atoms with van der Waals surface area (Å²) in [6.45, 7) is 3.58. The van der Waals surface area contributed by atoms with Crippen molar-refractivity contribution < 1.29 is 14.6 Å². The molecule has 80 valence electrons. The van der Waals surface area contributed by atoms with Crippen LogP contribution in [0.1, 0.15) is 24.8 Å². The molecule has 0 bridgehead atoms. The molecule has 0 aliphatic carbocycles. The van der Waals surface area contributed by atoms with E-state index in [4.69, 9.17) is 4.74 Å². The molecule has 1 aliphatic rings. The Labute approximate surface area is 92.0 Å². The number of esters is 1. The lowest BCUT2D eigenvalue weighted by atomic mass is 10.0. The zero-order valence-corrected chi connectivity index (χ0v) is 9.38. The summed E-state index contributed by atoms with van der Waals surface area (Å²) in [4.78, 5) is 12.2. The van der Waals surface area contributed by atoms with Gasteiger partial charge in [-0.2, -0.15) is 0 Å². The zero-order chi connectivity index (χ0) is 11.1. The Hall–Kier alpha value is -1.13. The number of aliphatic hydroxyl groups is 1. The Morgan fingerprint density at radius 2 is 2.27 bits per heavy atom. The Kier molecular flexibility index (Phi) is 2.40. The van der Waals surface area contributed by atoms with Crippen LogP contribution in [-0.4, -0.2) is 16.7 Å². The summed E-state index contributed by atoms with van der Waals surface area (Å²) in [6.07, 6.45) is 0.818. The summed E-state index contributed by atoms with van der Waals surface area (Å²) < 4.78 is 5.09. The van der Waals surface area contributed by atoms with E-state index < -0.39 is 17.7 Å². The number of thiophene rings is 1. The van der Waals surface area contributed by atoms with Gasteiger partial charge in [0.1, 0.15) is 11.7 Å². The Morgan fingerprint density at radius 3 is 2.73 bits per heavy atom. The zero-order valence-electron chi connectivity index (χ0n) is 8.56. The highest BCUT2D eigenvalue weighted by Gasteiger charge is 2.35. The van der Waals surface area contributed by atoms with Crippen molar-refractivity contribution >= 4 is 17.3 Å². The van der Waals surface area contributed by atoms with Crippen LogP contribution in [-0.2, 0) is 9.53 Å². The molecule has 2 heterocycles. The molecular weight excluding hydrogens is 212 g/mol. The number of ether oxygens (including phenoxy) is 1. The predicted molar refractivity (Wildman–Crippen MR) is 57.5 cm³/mol. The summed E-state index contributed by atoms with van der Waals surface area (Å²) >= 11 is 1.42. The second-order valence-electron chi connectivity index (χ2n) is 4.01. The minimum atomic E-state index is -0.862. The van der Waals surface area contributed by atoms with Crippen LogP contribution < -0.4 is 0 Å². The Bertz CT molecular complexity index is 403. The fourth-order valence-corrected chi connectivity index (χ4v) is 2.28. The van der Waals surface area contributed by atoms with Crippen LogP contribution in [0.15, 0.2) is 29.2 Å². The smallest absolute Gasteiger partial charge is 0.337 e. The van der Waals surface area contributed by atoms with Crippen LogP contribution in [0.25, 0.3) is 0 Å². The summed E-state index contributed by atoms with van der Waals surface area (Å²) in [5, 5.41) is 11.8. The van der Waals surface area contributed by atoms with Crippen LogP contribution in [0.3, 0.4) is 0 Å². The quantitative estimate of drug-likeness (QED) is 0.782.